The average molecular weight is 235 g/mol. The largest absolute Gasteiger partial charge is 0.397 e. The quantitative estimate of drug-likeness (QED) is 0.838. The fourth-order valence-corrected chi connectivity index (χ4v) is 2.53. The minimum atomic E-state index is -0.00421. The molecule has 2 rings (SSSR count). The maximum atomic E-state index is 12.0. The van der Waals surface area contributed by atoms with Gasteiger partial charge in [-0.3, -0.25) is 4.79 Å². The van der Waals surface area contributed by atoms with Gasteiger partial charge in [0.1, 0.15) is 5.69 Å². The van der Waals surface area contributed by atoms with E-state index in [1.165, 1.54) is 25.7 Å². The monoisotopic (exact) mass is 235 g/mol. The Morgan fingerprint density at radius 1 is 1.53 bits per heavy atom. The zero-order valence-corrected chi connectivity index (χ0v) is 10.4. The lowest BCUT2D eigenvalue weighted by Gasteiger charge is -2.11. The van der Waals surface area contributed by atoms with Crippen LogP contribution < -0.4 is 11.1 Å². The first-order chi connectivity index (χ1) is 8.20. The number of carbonyl (C=O) groups is 1. The summed E-state index contributed by atoms with van der Waals surface area (Å²) in [6.07, 6.45) is 6.91. The number of nitrogens with two attached hydrogens (primary N) is 1. The predicted octanol–water partition coefficient (Wildman–Crippen LogP) is 2.01. The van der Waals surface area contributed by atoms with Crippen LogP contribution in [0.15, 0.2) is 12.3 Å². The van der Waals surface area contributed by atoms with Gasteiger partial charge in [-0.05, 0) is 31.7 Å². The van der Waals surface area contributed by atoms with Crippen LogP contribution in [-0.2, 0) is 6.54 Å². The Morgan fingerprint density at radius 3 is 2.88 bits per heavy atom. The van der Waals surface area contributed by atoms with E-state index in [-0.39, 0.29) is 5.91 Å². The Morgan fingerprint density at radius 2 is 2.24 bits per heavy atom. The van der Waals surface area contributed by atoms with Crippen LogP contribution in [0, 0.1) is 5.92 Å². The molecule has 0 aromatic carbocycles. The Hall–Kier alpha value is -1.45. The van der Waals surface area contributed by atoms with Crippen molar-refractivity contribution in [3.05, 3.63) is 18.0 Å². The highest BCUT2D eigenvalue weighted by Crippen LogP contribution is 2.23. The summed E-state index contributed by atoms with van der Waals surface area (Å²) in [4.78, 5) is 12.0. The smallest absolute Gasteiger partial charge is 0.267 e. The molecular weight excluding hydrogens is 214 g/mol. The Labute approximate surface area is 102 Å². The number of hydrogen-bond acceptors (Lipinski definition) is 2. The maximum Gasteiger partial charge on any atom is 0.267 e. The highest BCUT2D eigenvalue weighted by atomic mass is 16.1. The summed E-state index contributed by atoms with van der Waals surface area (Å²) in [5.41, 5.74) is 7.03. The number of aromatic nitrogens is 1. The molecule has 4 heteroatoms. The fourth-order valence-electron chi connectivity index (χ4n) is 2.53. The van der Waals surface area contributed by atoms with Crippen LogP contribution in [0.25, 0.3) is 0 Å². The first-order valence-corrected chi connectivity index (χ1v) is 6.44. The van der Waals surface area contributed by atoms with Gasteiger partial charge in [0.2, 0.25) is 0 Å². The maximum absolute atomic E-state index is 12.0. The van der Waals surface area contributed by atoms with Gasteiger partial charge in [0.05, 0.1) is 5.69 Å². The lowest BCUT2D eigenvalue weighted by molar-refractivity contribution is 0.0938. The van der Waals surface area contributed by atoms with E-state index in [1.807, 2.05) is 17.7 Å². The summed E-state index contributed by atoms with van der Waals surface area (Å²) in [6, 6.07) is 1.74. The number of anilines is 1. The number of nitrogen functional groups attached to an aromatic ring is 1. The van der Waals surface area contributed by atoms with E-state index in [4.69, 9.17) is 5.73 Å². The van der Waals surface area contributed by atoms with Gasteiger partial charge in [-0.2, -0.15) is 0 Å². The lowest BCUT2D eigenvalue weighted by atomic mass is 10.1. The van der Waals surface area contributed by atoms with Gasteiger partial charge in [0.25, 0.3) is 5.91 Å². The summed E-state index contributed by atoms with van der Waals surface area (Å²) in [6.45, 7) is 3.57. The van der Waals surface area contributed by atoms with Crippen molar-refractivity contribution in [1.29, 1.82) is 0 Å². The van der Waals surface area contributed by atoms with Crippen molar-refractivity contribution in [3.63, 3.8) is 0 Å². The summed E-state index contributed by atoms with van der Waals surface area (Å²) >= 11 is 0. The fraction of sp³-hybridized carbons (Fsp3) is 0.615. The SMILES string of the molecule is CCn1cc(N)cc1C(=O)NCC1CCCC1. The van der Waals surface area contributed by atoms with Gasteiger partial charge in [0, 0.05) is 19.3 Å². The zero-order valence-electron chi connectivity index (χ0n) is 10.4. The van der Waals surface area contributed by atoms with Crippen LogP contribution in [0.1, 0.15) is 43.1 Å². The molecule has 1 aliphatic rings. The van der Waals surface area contributed by atoms with Crippen LogP contribution in [-0.4, -0.2) is 17.0 Å². The molecule has 94 valence electrons. The second-order valence-corrected chi connectivity index (χ2v) is 4.81. The van der Waals surface area contributed by atoms with Gasteiger partial charge < -0.3 is 15.6 Å². The molecule has 1 saturated carbocycles. The van der Waals surface area contributed by atoms with Crippen LogP contribution >= 0.6 is 0 Å². The molecule has 0 bridgehead atoms. The second-order valence-electron chi connectivity index (χ2n) is 4.81. The van der Waals surface area contributed by atoms with Crippen molar-refractivity contribution in [2.75, 3.05) is 12.3 Å². The lowest BCUT2D eigenvalue weighted by Crippen LogP contribution is -2.29. The van der Waals surface area contributed by atoms with Gasteiger partial charge in [-0.25, -0.2) is 0 Å². The topological polar surface area (TPSA) is 60.0 Å². The molecule has 1 amide bonds. The molecule has 3 N–H and O–H groups in total. The molecular formula is C13H21N3O. The number of amides is 1. The Bertz CT molecular complexity index is 391. The molecule has 4 nitrogen and oxygen atoms in total. The van der Waals surface area contributed by atoms with E-state index in [0.29, 0.717) is 17.3 Å². The molecule has 0 unspecified atom stereocenters. The number of nitrogens with zero attached hydrogens (tertiary/aromatic N) is 1. The zero-order chi connectivity index (χ0) is 12.3. The minimum absolute atomic E-state index is 0.00421. The van der Waals surface area contributed by atoms with Crippen LogP contribution in [0.2, 0.25) is 0 Å². The van der Waals surface area contributed by atoms with Crippen molar-refractivity contribution < 1.29 is 4.79 Å². The molecule has 1 aliphatic carbocycles. The molecule has 1 fully saturated rings. The summed E-state index contributed by atoms with van der Waals surface area (Å²) in [5.74, 6) is 0.664. The summed E-state index contributed by atoms with van der Waals surface area (Å²) in [5, 5.41) is 3.01. The van der Waals surface area contributed by atoms with E-state index in [1.54, 1.807) is 6.07 Å². The normalized spacial score (nSPS) is 16.3. The van der Waals surface area contributed by atoms with Gasteiger partial charge >= 0.3 is 0 Å². The van der Waals surface area contributed by atoms with Gasteiger partial charge in [-0.1, -0.05) is 12.8 Å². The predicted molar refractivity (Wildman–Crippen MR) is 68.8 cm³/mol. The molecule has 0 radical (unpaired) electrons. The average Bonchev–Trinajstić information content (AvgIpc) is 2.94. The van der Waals surface area contributed by atoms with E-state index in [2.05, 4.69) is 5.32 Å². The molecule has 0 atom stereocenters. The van der Waals surface area contributed by atoms with Crippen molar-refractivity contribution in [2.24, 2.45) is 5.92 Å². The third kappa shape index (κ3) is 2.81. The third-order valence-corrected chi connectivity index (χ3v) is 3.52. The standard InChI is InChI=1S/C13H21N3O/c1-2-16-9-11(14)7-12(16)13(17)15-8-10-5-3-4-6-10/h7,9-10H,2-6,8,14H2,1H3,(H,15,17). The van der Waals surface area contributed by atoms with E-state index < -0.39 is 0 Å². The van der Waals surface area contributed by atoms with Crippen molar-refractivity contribution >= 4 is 11.6 Å². The van der Waals surface area contributed by atoms with Gasteiger partial charge in [-0.15, -0.1) is 0 Å². The summed E-state index contributed by atoms with van der Waals surface area (Å²) < 4.78 is 1.89. The molecule has 0 aliphatic heterocycles. The Balaban J connectivity index is 1.93. The number of hydrogen-bond donors (Lipinski definition) is 2. The highest BCUT2D eigenvalue weighted by Gasteiger charge is 2.17. The molecule has 1 aromatic rings. The van der Waals surface area contributed by atoms with E-state index >= 15 is 0 Å². The summed E-state index contributed by atoms with van der Waals surface area (Å²) in [7, 11) is 0. The molecule has 17 heavy (non-hydrogen) atoms. The van der Waals surface area contributed by atoms with E-state index in [9.17, 15) is 4.79 Å². The van der Waals surface area contributed by atoms with Crippen LogP contribution in [0.4, 0.5) is 5.69 Å². The molecule has 0 saturated heterocycles. The van der Waals surface area contributed by atoms with E-state index in [0.717, 1.165) is 13.1 Å². The minimum Gasteiger partial charge on any atom is -0.397 e. The van der Waals surface area contributed by atoms with Crippen LogP contribution in [0.3, 0.4) is 0 Å². The number of rotatable bonds is 4. The first kappa shape index (κ1) is 12.0. The number of aryl methyl sites for hydroxylation is 1. The molecule has 0 spiro atoms. The molecule has 1 aromatic heterocycles. The van der Waals surface area contributed by atoms with Crippen molar-refractivity contribution in [1.82, 2.24) is 9.88 Å². The Kier molecular flexibility index (Phi) is 3.71. The van der Waals surface area contributed by atoms with Crippen molar-refractivity contribution in [3.8, 4) is 0 Å². The molecule has 1 heterocycles. The second kappa shape index (κ2) is 5.25. The highest BCUT2D eigenvalue weighted by molar-refractivity contribution is 5.93. The van der Waals surface area contributed by atoms with Gasteiger partial charge in [0.15, 0.2) is 0 Å². The van der Waals surface area contributed by atoms with Crippen molar-refractivity contribution in [2.45, 2.75) is 39.2 Å². The number of nitrogens with one attached hydrogen (secondary N) is 1. The van der Waals surface area contributed by atoms with Crippen LogP contribution in [0.5, 0.6) is 0 Å². The first-order valence-electron chi connectivity index (χ1n) is 6.44. The third-order valence-electron chi connectivity index (χ3n) is 3.52. The number of carbonyl (C=O) groups excluding carboxylic acids is 1.